The molecule has 0 bridgehead atoms. The van der Waals surface area contributed by atoms with Crippen LogP contribution >= 0.6 is 0 Å². The molecule has 0 spiro atoms. The monoisotopic (exact) mass is 677 g/mol. The van der Waals surface area contributed by atoms with Gasteiger partial charge in [0.2, 0.25) is 0 Å². The minimum atomic E-state index is 0.695. The highest BCUT2D eigenvalue weighted by atomic mass is 15.0. The highest BCUT2D eigenvalue weighted by molar-refractivity contribution is 6.09. The number of hydrogen-bond donors (Lipinski definition) is 0. The topological polar surface area (TPSA) is 30.7 Å². The first-order valence-corrected chi connectivity index (χ1v) is 18.3. The average Bonchev–Trinajstić information content (AvgIpc) is 3.58. The third-order valence-electron chi connectivity index (χ3n) is 10.4. The lowest BCUT2D eigenvalue weighted by Gasteiger charge is -2.13. The lowest BCUT2D eigenvalue weighted by molar-refractivity contribution is 1.04. The molecule has 0 amide bonds. The van der Waals surface area contributed by atoms with Crippen LogP contribution in [0.2, 0.25) is 0 Å². The molecular formula is C50H35N3. The minimum absolute atomic E-state index is 0.695. The second-order valence-corrected chi connectivity index (χ2v) is 13.7. The molecule has 0 saturated carbocycles. The highest BCUT2D eigenvalue weighted by Crippen LogP contribution is 2.36. The first kappa shape index (κ1) is 30.9. The smallest absolute Gasteiger partial charge is 0.160 e. The van der Waals surface area contributed by atoms with Gasteiger partial charge in [0.15, 0.2) is 5.82 Å². The van der Waals surface area contributed by atoms with E-state index in [2.05, 4.69) is 193 Å². The standard InChI is InChI=1S/C50H35N3/c1-2-13-34(14-3-1)38-17-10-18-39(31-38)47-33-46(37-29-27-36(28-30-37)43-24-12-16-35-15-4-5-21-42(35)43)51-50(52-47)40-19-11-20-41(32-40)53-48-25-8-6-22-44(48)45-23-7-9-26-49(45)53/h2,4-33H,1,3H2. The van der Waals surface area contributed by atoms with E-state index in [1.54, 1.807) is 0 Å². The average molecular weight is 678 g/mol. The van der Waals surface area contributed by atoms with Gasteiger partial charge in [-0.05, 0) is 82.3 Å². The first-order chi connectivity index (χ1) is 26.3. The van der Waals surface area contributed by atoms with Crippen molar-refractivity contribution in [2.45, 2.75) is 12.8 Å². The van der Waals surface area contributed by atoms with Gasteiger partial charge >= 0.3 is 0 Å². The summed E-state index contributed by atoms with van der Waals surface area (Å²) >= 11 is 0. The minimum Gasteiger partial charge on any atom is -0.309 e. The summed E-state index contributed by atoms with van der Waals surface area (Å²) in [5.41, 5.74) is 13.2. The number of aromatic nitrogens is 3. The zero-order valence-electron chi connectivity index (χ0n) is 29.2. The molecule has 0 saturated heterocycles. The zero-order valence-corrected chi connectivity index (χ0v) is 29.2. The van der Waals surface area contributed by atoms with Crippen LogP contribution in [0.4, 0.5) is 0 Å². The van der Waals surface area contributed by atoms with Gasteiger partial charge in [0.25, 0.3) is 0 Å². The SMILES string of the molecule is C1=CC(c2cccc(-c3cc(-c4ccc(-c5cccc6ccccc56)cc4)nc(-c4cccc(-n5c6ccccc6c6ccccc65)c4)n3)c2)=CCC1. The molecule has 0 unspecified atom stereocenters. The molecule has 7 aromatic carbocycles. The molecule has 1 aliphatic rings. The largest absolute Gasteiger partial charge is 0.309 e. The van der Waals surface area contributed by atoms with Crippen molar-refractivity contribution in [1.82, 2.24) is 14.5 Å². The van der Waals surface area contributed by atoms with E-state index in [1.165, 1.54) is 54.8 Å². The van der Waals surface area contributed by atoms with Gasteiger partial charge in [-0.15, -0.1) is 0 Å². The summed E-state index contributed by atoms with van der Waals surface area (Å²) in [7, 11) is 0. The molecule has 250 valence electrons. The number of para-hydroxylation sites is 2. The van der Waals surface area contributed by atoms with E-state index < -0.39 is 0 Å². The van der Waals surface area contributed by atoms with Crippen LogP contribution in [-0.4, -0.2) is 14.5 Å². The van der Waals surface area contributed by atoms with Crippen molar-refractivity contribution in [3.8, 4) is 50.7 Å². The summed E-state index contributed by atoms with van der Waals surface area (Å²) in [5, 5.41) is 4.97. The first-order valence-electron chi connectivity index (χ1n) is 18.3. The fourth-order valence-electron chi connectivity index (χ4n) is 7.84. The van der Waals surface area contributed by atoms with Crippen molar-refractivity contribution < 1.29 is 0 Å². The number of fused-ring (bicyclic) bond motifs is 4. The van der Waals surface area contributed by atoms with Crippen LogP contribution in [0.1, 0.15) is 18.4 Å². The molecule has 0 radical (unpaired) electrons. The van der Waals surface area contributed by atoms with E-state index in [1.807, 2.05) is 0 Å². The molecule has 2 heterocycles. The maximum atomic E-state index is 5.27. The van der Waals surface area contributed by atoms with Gasteiger partial charge in [-0.2, -0.15) is 0 Å². The van der Waals surface area contributed by atoms with Crippen molar-refractivity contribution in [3.05, 3.63) is 194 Å². The molecule has 3 nitrogen and oxygen atoms in total. The third-order valence-corrected chi connectivity index (χ3v) is 10.4. The molecular weight excluding hydrogens is 643 g/mol. The van der Waals surface area contributed by atoms with Crippen molar-refractivity contribution in [1.29, 1.82) is 0 Å². The lowest BCUT2D eigenvalue weighted by atomic mass is 9.96. The predicted molar refractivity (Wildman–Crippen MR) is 222 cm³/mol. The predicted octanol–water partition coefficient (Wildman–Crippen LogP) is 13.1. The van der Waals surface area contributed by atoms with Gasteiger partial charge in [0.1, 0.15) is 0 Å². The second-order valence-electron chi connectivity index (χ2n) is 13.7. The highest BCUT2D eigenvalue weighted by Gasteiger charge is 2.16. The van der Waals surface area contributed by atoms with Gasteiger partial charge < -0.3 is 4.57 Å². The van der Waals surface area contributed by atoms with Crippen molar-refractivity contribution in [2.75, 3.05) is 0 Å². The summed E-state index contributed by atoms with van der Waals surface area (Å²) < 4.78 is 2.35. The Kier molecular flexibility index (Phi) is 7.62. The van der Waals surface area contributed by atoms with E-state index in [0.717, 1.165) is 46.6 Å². The molecule has 3 heteroatoms. The maximum Gasteiger partial charge on any atom is 0.160 e. The number of hydrogen-bond acceptors (Lipinski definition) is 2. The maximum absolute atomic E-state index is 5.27. The quantitative estimate of drug-likeness (QED) is 0.175. The Labute approximate surface area is 308 Å². The van der Waals surface area contributed by atoms with Crippen LogP contribution in [0.5, 0.6) is 0 Å². The van der Waals surface area contributed by atoms with Crippen LogP contribution in [0, 0.1) is 0 Å². The number of rotatable bonds is 6. The summed E-state index contributed by atoms with van der Waals surface area (Å²) in [6.45, 7) is 0. The Morgan fingerprint density at radius 3 is 1.83 bits per heavy atom. The molecule has 2 aromatic heterocycles. The van der Waals surface area contributed by atoms with E-state index >= 15 is 0 Å². The Morgan fingerprint density at radius 1 is 0.434 bits per heavy atom. The molecule has 1 aliphatic carbocycles. The Balaban J connectivity index is 1.12. The lowest BCUT2D eigenvalue weighted by Crippen LogP contribution is -1.98. The van der Waals surface area contributed by atoms with Gasteiger partial charge in [0.05, 0.1) is 22.4 Å². The third kappa shape index (κ3) is 5.64. The molecule has 0 fully saturated rings. The normalized spacial score (nSPS) is 12.8. The number of allylic oxidation sites excluding steroid dienone is 4. The van der Waals surface area contributed by atoms with E-state index in [-0.39, 0.29) is 0 Å². The molecule has 10 rings (SSSR count). The van der Waals surface area contributed by atoms with E-state index in [9.17, 15) is 0 Å². The van der Waals surface area contributed by atoms with Crippen molar-refractivity contribution >= 4 is 38.2 Å². The molecule has 0 aliphatic heterocycles. The number of benzene rings is 7. The Bertz CT molecular complexity index is 2830. The van der Waals surface area contributed by atoms with Gasteiger partial charge in [0, 0.05) is 33.2 Å². The van der Waals surface area contributed by atoms with Crippen molar-refractivity contribution in [2.24, 2.45) is 0 Å². The van der Waals surface area contributed by atoms with Crippen LogP contribution in [0.15, 0.2) is 188 Å². The van der Waals surface area contributed by atoms with Gasteiger partial charge in [-0.3, -0.25) is 0 Å². The summed E-state index contributed by atoms with van der Waals surface area (Å²) in [6, 6.07) is 60.6. The molecule has 0 atom stereocenters. The Hall–Kier alpha value is -6.84. The zero-order chi connectivity index (χ0) is 35.1. The van der Waals surface area contributed by atoms with Crippen LogP contribution in [0.25, 0.3) is 88.9 Å². The van der Waals surface area contributed by atoms with Crippen LogP contribution in [0.3, 0.4) is 0 Å². The van der Waals surface area contributed by atoms with Crippen LogP contribution < -0.4 is 0 Å². The van der Waals surface area contributed by atoms with Gasteiger partial charge in [-0.25, -0.2) is 9.97 Å². The van der Waals surface area contributed by atoms with E-state index in [4.69, 9.17) is 9.97 Å². The van der Waals surface area contributed by atoms with Crippen molar-refractivity contribution in [3.63, 3.8) is 0 Å². The molecule has 0 N–H and O–H groups in total. The van der Waals surface area contributed by atoms with E-state index in [0.29, 0.717) is 5.82 Å². The van der Waals surface area contributed by atoms with Gasteiger partial charge in [-0.1, -0.05) is 152 Å². The molecule has 9 aromatic rings. The summed E-state index contributed by atoms with van der Waals surface area (Å²) in [6.07, 6.45) is 8.98. The second kappa shape index (κ2) is 13.0. The van der Waals surface area contributed by atoms with Crippen LogP contribution in [-0.2, 0) is 0 Å². The summed E-state index contributed by atoms with van der Waals surface area (Å²) in [4.78, 5) is 10.5. The number of nitrogens with zero attached hydrogens (tertiary/aromatic N) is 3. The summed E-state index contributed by atoms with van der Waals surface area (Å²) in [5.74, 6) is 0.695. The fraction of sp³-hybridized carbons (Fsp3) is 0.0400. The fourth-order valence-corrected chi connectivity index (χ4v) is 7.84. The Morgan fingerprint density at radius 2 is 1.06 bits per heavy atom. The molecule has 53 heavy (non-hydrogen) atoms.